The van der Waals surface area contributed by atoms with Gasteiger partial charge in [-0.15, -0.1) is 0 Å². The third-order valence-corrected chi connectivity index (χ3v) is 4.22. The number of halogens is 1. The predicted octanol–water partition coefficient (Wildman–Crippen LogP) is 3.64. The fourth-order valence-corrected chi connectivity index (χ4v) is 2.94. The Kier molecular flexibility index (Phi) is 4.43. The van der Waals surface area contributed by atoms with E-state index in [-0.39, 0.29) is 11.9 Å². The van der Waals surface area contributed by atoms with Gasteiger partial charge in [0.05, 0.1) is 5.52 Å². The van der Waals surface area contributed by atoms with E-state index in [1.165, 1.54) is 12.1 Å². The quantitative estimate of drug-likeness (QED) is 0.760. The average molecular weight is 338 g/mol. The van der Waals surface area contributed by atoms with Crippen LogP contribution >= 0.6 is 0 Å². The van der Waals surface area contributed by atoms with Gasteiger partial charge in [-0.2, -0.15) is 0 Å². The lowest BCUT2D eigenvalue weighted by Crippen LogP contribution is -2.34. The van der Waals surface area contributed by atoms with E-state index in [1.54, 1.807) is 18.3 Å². The van der Waals surface area contributed by atoms with Gasteiger partial charge in [0.25, 0.3) is 0 Å². The number of hydrogen-bond donors (Lipinski definition) is 2. The van der Waals surface area contributed by atoms with Crippen molar-refractivity contribution in [1.29, 1.82) is 0 Å². The number of piperidine rings is 1. The van der Waals surface area contributed by atoms with Crippen molar-refractivity contribution < 1.29 is 9.13 Å². The standard InChI is InChI=1S/C19H19FN4O/c20-14-2-1-3-15(10-14)23-19-22-12-13-4-5-17(11-18(13)24-19)25-16-6-8-21-9-7-16/h1-5,10-12,16,21H,6-9H2,(H,22,23,24). The van der Waals surface area contributed by atoms with Crippen molar-refractivity contribution in [2.75, 3.05) is 18.4 Å². The number of nitrogens with one attached hydrogen (secondary N) is 2. The molecule has 1 fully saturated rings. The second-order valence-electron chi connectivity index (χ2n) is 6.12. The molecule has 1 aliphatic rings. The highest BCUT2D eigenvalue weighted by Crippen LogP contribution is 2.23. The van der Waals surface area contributed by atoms with Gasteiger partial charge in [-0.1, -0.05) is 6.07 Å². The summed E-state index contributed by atoms with van der Waals surface area (Å²) in [5, 5.41) is 7.29. The molecule has 0 spiro atoms. The zero-order valence-electron chi connectivity index (χ0n) is 13.7. The van der Waals surface area contributed by atoms with Crippen LogP contribution in [0.4, 0.5) is 16.0 Å². The maximum atomic E-state index is 13.3. The van der Waals surface area contributed by atoms with E-state index in [9.17, 15) is 4.39 Å². The van der Waals surface area contributed by atoms with Crippen molar-refractivity contribution in [2.45, 2.75) is 18.9 Å². The van der Waals surface area contributed by atoms with Crippen molar-refractivity contribution in [1.82, 2.24) is 15.3 Å². The molecular formula is C19H19FN4O. The Hall–Kier alpha value is -2.73. The summed E-state index contributed by atoms with van der Waals surface area (Å²) in [6.45, 7) is 1.98. The molecule has 3 aromatic rings. The van der Waals surface area contributed by atoms with Crippen LogP contribution in [0.25, 0.3) is 10.9 Å². The summed E-state index contributed by atoms with van der Waals surface area (Å²) in [5.41, 5.74) is 1.40. The van der Waals surface area contributed by atoms with Crippen LogP contribution in [-0.4, -0.2) is 29.2 Å². The molecule has 0 unspecified atom stereocenters. The van der Waals surface area contributed by atoms with Crippen LogP contribution in [0.3, 0.4) is 0 Å². The van der Waals surface area contributed by atoms with Gasteiger partial charge in [0, 0.05) is 23.3 Å². The van der Waals surface area contributed by atoms with Gasteiger partial charge in [-0.25, -0.2) is 14.4 Å². The van der Waals surface area contributed by atoms with Crippen molar-refractivity contribution in [3.05, 3.63) is 54.5 Å². The molecule has 0 atom stereocenters. The van der Waals surface area contributed by atoms with Gasteiger partial charge in [0.15, 0.2) is 0 Å². The minimum atomic E-state index is -0.302. The fraction of sp³-hybridized carbons (Fsp3) is 0.263. The molecule has 2 heterocycles. The van der Waals surface area contributed by atoms with E-state index in [0.717, 1.165) is 42.6 Å². The van der Waals surface area contributed by atoms with Gasteiger partial charge in [-0.3, -0.25) is 0 Å². The van der Waals surface area contributed by atoms with E-state index in [4.69, 9.17) is 4.74 Å². The van der Waals surface area contributed by atoms with Crippen LogP contribution in [0.2, 0.25) is 0 Å². The van der Waals surface area contributed by atoms with Crippen LogP contribution in [-0.2, 0) is 0 Å². The number of ether oxygens (including phenoxy) is 1. The summed E-state index contributed by atoms with van der Waals surface area (Å²) in [6.07, 6.45) is 4.01. The molecular weight excluding hydrogens is 319 g/mol. The smallest absolute Gasteiger partial charge is 0.227 e. The highest BCUT2D eigenvalue weighted by atomic mass is 19.1. The Labute approximate surface area is 145 Å². The molecule has 0 bridgehead atoms. The summed E-state index contributed by atoms with van der Waals surface area (Å²) in [7, 11) is 0. The molecule has 128 valence electrons. The van der Waals surface area contributed by atoms with Crippen LogP contribution in [0.1, 0.15) is 12.8 Å². The fourth-order valence-electron chi connectivity index (χ4n) is 2.94. The minimum Gasteiger partial charge on any atom is -0.490 e. The van der Waals surface area contributed by atoms with Gasteiger partial charge in [0.1, 0.15) is 17.7 Å². The lowest BCUT2D eigenvalue weighted by Gasteiger charge is -2.23. The molecule has 25 heavy (non-hydrogen) atoms. The number of anilines is 2. The lowest BCUT2D eigenvalue weighted by molar-refractivity contribution is 0.162. The second kappa shape index (κ2) is 7.03. The largest absolute Gasteiger partial charge is 0.490 e. The molecule has 0 radical (unpaired) electrons. The SMILES string of the molecule is Fc1cccc(Nc2ncc3ccc(OC4CCNCC4)cc3n2)c1. The van der Waals surface area contributed by atoms with Gasteiger partial charge >= 0.3 is 0 Å². The Balaban J connectivity index is 1.55. The lowest BCUT2D eigenvalue weighted by atomic mass is 10.1. The van der Waals surface area contributed by atoms with Crippen LogP contribution in [0.15, 0.2) is 48.7 Å². The highest BCUT2D eigenvalue weighted by molar-refractivity contribution is 5.80. The zero-order valence-corrected chi connectivity index (χ0v) is 13.7. The van der Waals surface area contributed by atoms with Gasteiger partial charge in [0.2, 0.25) is 5.95 Å². The molecule has 0 aliphatic carbocycles. The minimum absolute atomic E-state index is 0.241. The molecule has 2 N–H and O–H groups in total. The first-order valence-electron chi connectivity index (χ1n) is 8.43. The number of rotatable bonds is 4. The van der Waals surface area contributed by atoms with E-state index >= 15 is 0 Å². The summed E-state index contributed by atoms with van der Waals surface area (Å²) in [6, 6.07) is 12.1. The summed E-state index contributed by atoms with van der Waals surface area (Å²) >= 11 is 0. The van der Waals surface area contributed by atoms with Crippen molar-refractivity contribution in [2.24, 2.45) is 0 Å². The summed E-state index contributed by atoms with van der Waals surface area (Å²) in [4.78, 5) is 8.80. The number of benzene rings is 2. The number of nitrogens with zero attached hydrogens (tertiary/aromatic N) is 2. The van der Waals surface area contributed by atoms with E-state index in [1.807, 2.05) is 18.2 Å². The molecule has 6 heteroatoms. The molecule has 1 aromatic heterocycles. The molecule has 1 aliphatic heterocycles. The van der Waals surface area contributed by atoms with E-state index < -0.39 is 0 Å². The zero-order chi connectivity index (χ0) is 17.1. The van der Waals surface area contributed by atoms with Crippen molar-refractivity contribution in [3.63, 3.8) is 0 Å². The summed E-state index contributed by atoms with van der Waals surface area (Å²) < 4.78 is 19.4. The molecule has 0 saturated carbocycles. The van der Waals surface area contributed by atoms with Crippen molar-refractivity contribution in [3.8, 4) is 5.75 Å². The maximum absolute atomic E-state index is 13.3. The summed E-state index contributed by atoms with van der Waals surface area (Å²) in [5.74, 6) is 0.940. The first-order chi connectivity index (χ1) is 12.3. The second-order valence-corrected chi connectivity index (χ2v) is 6.12. The first-order valence-corrected chi connectivity index (χ1v) is 8.43. The molecule has 0 amide bonds. The van der Waals surface area contributed by atoms with Crippen molar-refractivity contribution >= 4 is 22.5 Å². The highest BCUT2D eigenvalue weighted by Gasteiger charge is 2.14. The topological polar surface area (TPSA) is 59.1 Å². The molecule has 5 nitrogen and oxygen atoms in total. The molecule has 4 rings (SSSR count). The van der Waals surface area contributed by atoms with Crippen LogP contribution in [0, 0.1) is 5.82 Å². The Morgan fingerprint density at radius 1 is 1.12 bits per heavy atom. The average Bonchev–Trinajstić information content (AvgIpc) is 2.62. The third-order valence-electron chi connectivity index (χ3n) is 4.22. The van der Waals surface area contributed by atoms with Gasteiger partial charge < -0.3 is 15.4 Å². The van der Waals surface area contributed by atoms with E-state index in [0.29, 0.717) is 11.6 Å². The van der Waals surface area contributed by atoms with Crippen LogP contribution < -0.4 is 15.4 Å². The third kappa shape index (κ3) is 3.85. The Bertz CT molecular complexity index is 880. The van der Waals surface area contributed by atoms with E-state index in [2.05, 4.69) is 20.6 Å². The Morgan fingerprint density at radius 3 is 2.84 bits per heavy atom. The normalized spacial score (nSPS) is 15.2. The molecule has 2 aromatic carbocycles. The van der Waals surface area contributed by atoms with Crippen LogP contribution in [0.5, 0.6) is 5.75 Å². The number of hydrogen-bond acceptors (Lipinski definition) is 5. The number of aromatic nitrogens is 2. The monoisotopic (exact) mass is 338 g/mol. The van der Waals surface area contributed by atoms with Gasteiger partial charge in [-0.05, 0) is 56.3 Å². The Morgan fingerprint density at radius 2 is 2.00 bits per heavy atom. The predicted molar refractivity (Wildman–Crippen MR) is 95.7 cm³/mol. The maximum Gasteiger partial charge on any atom is 0.227 e. The first kappa shape index (κ1) is 15.8. The number of fused-ring (bicyclic) bond motifs is 1. The molecule has 1 saturated heterocycles.